The van der Waals surface area contributed by atoms with Gasteiger partial charge in [0.1, 0.15) is 0 Å². The Balaban J connectivity index is 1.97. The van der Waals surface area contributed by atoms with E-state index in [0.29, 0.717) is 33.7 Å². The fourth-order valence-electron chi connectivity index (χ4n) is 3.32. The van der Waals surface area contributed by atoms with E-state index in [2.05, 4.69) is 11.9 Å². The van der Waals surface area contributed by atoms with E-state index in [1.54, 1.807) is 18.2 Å². The van der Waals surface area contributed by atoms with E-state index in [-0.39, 0.29) is 11.5 Å². The zero-order chi connectivity index (χ0) is 17.3. The van der Waals surface area contributed by atoms with Crippen molar-refractivity contribution < 1.29 is 4.79 Å². The van der Waals surface area contributed by atoms with Crippen LogP contribution in [-0.2, 0) is 6.54 Å². The fourth-order valence-corrected chi connectivity index (χ4v) is 3.65. The quantitative estimate of drug-likeness (QED) is 0.849. The van der Waals surface area contributed by atoms with Crippen molar-refractivity contribution in [3.63, 3.8) is 0 Å². The number of nitrogens with zero attached hydrogens (tertiary/aromatic N) is 2. The SMILES string of the molecule is CCn1c(=S)[nH]c2cc(C(=O)N3CCC[C@@H](C)CC3)ccc2c1=O. The molecule has 1 N–H and O–H groups in total. The maximum absolute atomic E-state index is 12.8. The molecule has 1 amide bonds. The van der Waals surface area contributed by atoms with Crippen molar-refractivity contribution in [2.75, 3.05) is 13.1 Å². The van der Waals surface area contributed by atoms with E-state index < -0.39 is 0 Å². The summed E-state index contributed by atoms with van der Waals surface area (Å²) in [5.74, 6) is 0.702. The first-order valence-corrected chi connectivity index (χ1v) is 8.98. The zero-order valence-electron chi connectivity index (χ0n) is 14.2. The van der Waals surface area contributed by atoms with Crippen molar-refractivity contribution in [3.05, 3.63) is 38.9 Å². The Morgan fingerprint density at radius 1 is 1.33 bits per heavy atom. The van der Waals surface area contributed by atoms with Crippen molar-refractivity contribution in [1.29, 1.82) is 0 Å². The maximum Gasteiger partial charge on any atom is 0.262 e. The molecule has 1 aromatic heterocycles. The number of nitrogens with one attached hydrogen (secondary N) is 1. The molecular formula is C18H23N3O2S. The molecule has 3 rings (SSSR count). The molecule has 1 aromatic carbocycles. The van der Waals surface area contributed by atoms with Gasteiger partial charge in [0.05, 0.1) is 10.9 Å². The first-order valence-electron chi connectivity index (χ1n) is 8.57. The van der Waals surface area contributed by atoms with Crippen molar-refractivity contribution in [3.8, 4) is 0 Å². The summed E-state index contributed by atoms with van der Waals surface area (Å²) in [7, 11) is 0. The number of benzene rings is 1. The van der Waals surface area contributed by atoms with Gasteiger partial charge in [-0.25, -0.2) is 0 Å². The van der Waals surface area contributed by atoms with Crippen LogP contribution in [0, 0.1) is 10.7 Å². The highest BCUT2D eigenvalue weighted by atomic mass is 32.1. The van der Waals surface area contributed by atoms with Crippen LogP contribution in [0.4, 0.5) is 0 Å². The summed E-state index contributed by atoms with van der Waals surface area (Å²) in [5, 5.41) is 0.562. The molecule has 128 valence electrons. The number of hydrogen-bond donors (Lipinski definition) is 1. The summed E-state index contributed by atoms with van der Waals surface area (Å²) >= 11 is 5.24. The smallest absolute Gasteiger partial charge is 0.262 e. The molecule has 2 aromatic rings. The van der Waals surface area contributed by atoms with Crippen molar-refractivity contribution >= 4 is 29.0 Å². The van der Waals surface area contributed by atoms with Crippen LogP contribution in [0.15, 0.2) is 23.0 Å². The third kappa shape index (κ3) is 3.15. The number of carbonyl (C=O) groups is 1. The minimum atomic E-state index is -0.112. The first kappa shape index (κ1) is 16.9. The molecule has 1 fully saturated rings. The van der Waals surface area contributed by atoms with Gasteiger partial charge in [-0.15, -0.1) is 0 Å². The van der Waals surface area contributed by atoms with Crippen molar-refractivity contribution in [2.45, 2.75) is 39.7 Å². The van der Waals surface area contributed by atoms with E-state index in [1.807, 2.05) is 11.8 Å². The van der Waals surface area contributed by atoms with E-state index in [9.17, 15) is 9.59 Å². The average molecular weight is 345 g/mol. The van der Waals surface area contributed by atoms with Crippen LogP contribution in [-0.4, -0.2) is 33.4 Å². The second-order valence-corrected chi connectivity index (χ2v) is 6.95. The van der Waals surface area contributed by atoms with Crippen molar-refractivity contribution in [1.82, 2.24) is 14.5 Å². The molecule has 1 aliphatic heterocycles. The molecule has 1 atom stereocenters. The molecule has 0 aliphatic carbocycles. The Hall–Kier alpha value is -1.95. The number of likely N-dealkylation sites (tertiary alicyclic amines) is 1. The van der Waals surface area contributed by atoms with Crippen LogP contribution in [0.1, 0.15) is 43.5 Å². The van der Waals surface area contributed by atoms with Gasteiger partial charge < -0.3 is 9.88 Å². The predicted octanol–water partition coefficient (Wildman–Crippen LogP) is 3.34. The molecule has 5 nitrogen and oxygen atoms in total. The van der Waals surface area contributed by atoms with Gasteiger partial charge in [0.25, 0.3) is 11.5 Å². The third-order valence-corrected chi connectivity index (χ3v) is 5.17. The molecule has 0 spiro atoms. The summed E-state index contributed by atoms with van der Waals surface area (Å²) in [6.07, 6.45) is 3.26. The first-order chi connectivity index (χ1) is 11.5. The highest BCUT2D eigenvalue weighted by Crippen LogP contribution is 2.19. The minimum absolute atomic E-state index is 0.0324. The van der Waals surface area contributed by atoms with Gasteiger partial charge in [-0.1, -0.05) is 6.92 Å². The molecule has 6 heteroatoms. The highest BCUT2D eigenvalue weighted by molar-refractivity contribution is 7.71. The standard InChI is InChI=1S/C18H23N3O2S/c1-3-21-17(23)14-7-6-13(11-15(14)19-18(21)24)16(22)20-9-4-5-12(2)8-10-20/h6-7,11-12H,3-5,8-10H2,1-2H3,(H,19,24)/t12-/m1/s1. The largest absolute Gasteiger partial charge is 0.339 e. The molecule has 0 saturated carbocycles. The third-order valence-electron chi connectivity index (χ3n) is 4.85. The Labute approximate surface area is 146 Å². The van der Waals surface area contributed by atoms with Gasteiger partial charge in [0, 0.05) is 25.2 Å². The molecule has 0 radical (unpaired) electrons. The van der Waals surface area contributed by atoms with Crippen LogP contribution in [0.5, 0.6) is 0 Å². The van der Waals surface area contributed by atoms with Gasteiger partial charge in [-0.05, 0) is 62.5 Å². The lowest BCUT2D eigenvalue weighted by atomic mass is 10.0. The number of carbonyl (C=O) groups excluding carboxylic acids is 1. The van der Waals surface area contributed by atoms with E-state index >= 15 is 0 Å². The lowest BCUT2D eigenvalue weighted by molar-refractivity contribution is 0.0760. The Morgan fingerprint density at radius 3 is 2.88 bits per heavy atom. The predicted molar refractivity (Wildman–Crippen MR) is 98.0 cm³/mol. The number of aromatic nitrogens is 2. The molecule has 2 heterocycles. The average Bonchev–Trinajstić information content (AvgIpc) is 2.78. The molecule has 0 bridgehead atoms. The van der Waals surface area contributed by atoms with Gasteiger partial charge in [0.15, 0.2) is 4.77 Å². The van der Waals surface area contributed by atoms with Gasteiger partial charge in [-0.3, -0.25) is 14.2 Å². The van der Waals surface area contributed by atoms with Crippen LogP contribution in [0.2, 0.25) is 0 Å². The molecule has 1 saturated heterocycles. The second-order valence-electron chi connectivity index (χ2n) is 6.57. The Morgan fingerprint density at radius 2 is 2.12 bits per heavy atom. The molecule has 0 unspecified atom stereocenters. The monoisotopic (exact) mass is 345 g/mol. The normalized spacial score (nSPS) is 18.6. The number of aromatic amines is 1. The highest BCUT2D eigenvalue weighted by Gasteiger charge is 2.20. The zero-order valence-corrected chi connectivity index (χ0v) is 15.0. The van der Waals surface area contributed by atoms with Gasteiger partial charge in [0.2, 0.25) is 0 Å². The lowest BCUT2D eigenvalue weighted by Gasteiger charge is -2.20. The number of fused-ring (bicyclic) bond motifs is 1. The van der Waals surface area contributed by atoms with Crippen LogP contribution in [0.3, 0.4) is 0 Å². The van der Waals surface area contributed by atoms with E-state index in [0.717, 1.165) is 25.9 Å². The number of amides is 1. The molecular weight excluding hydrogens is 322 g/mol. The van der Waals surface area contributed by atoms with Gasteiger partial charge >= 0.3 is 0 Å². The second kappa shape index (κ2) is 6.89. The molecule has 1 aliphatic rings. The van der Waals surface area contributed by atoms with E-state index in [1.165, 1.54) is 11.0 Å². The number of hydrogen-bond acceptors (Lipinski definition) is 3. The summed E-state index contributed by atoms with van der Waals surface area (Å²) < 4.78 is 1.92. The van der Waals surface area contributed by atoms with Crippen molar-refractivity contribution in [2.24, 2.45) is 5.92 Å². The Bertz CT molecular complexity index is 884. The summed E-state index contributed by atoms with van der Waals surface area (Å²) in [5.41, 5.74) is 1.12. The molecule has 24 heavy (non-hydrogen) atoms. The van der Waals surface area contributed by atoms with E-state index in [4.69, 9.17) is 12.2 Å². The Kier molecular flexibility index (Phi) is 4.85. The summed E-state index contributed by atoms with van der Waals surface area (Å²) in [6, 6.07) is 5.23. The lowest BCUT2D eigenvalue weighted by Crippen LogP contribution is -2.32. The van der Waals surface area contributed by atoms with Crippen LogP contribution >= 0.6 is 12.2 Å². The topological polar surface area (TPSA) is 58.1 Å². The minimum Gasteiger partial charge on any atom is -0.339 e. The summed E-state index contributed by atoms with van der Waals surface area (Å²) in [6.45, 7) is 6.24. The van der Waals surface area contributed by atoms with Gasteiger partial charge in [-0.2, -0.15) is 0 Å². The van der Waals surface area contributed by atoms with Crippen LogP contribution < -0.4 is 5.56 Å². The summed E-state index contributed by atoms with van der Waals surface area (Å²) in [4.78, 5) is 30.2. The number of H-pyrrole nitrogens is 1. The maximum atomic E-state index is 12.8. The fraction of sp³-hybridized carbons (Fsp3) is 0.500. The number of rotatable bonds is 2. The van der Waals surface area contributed by atoms with Crippen LogP contribution in [0.25, 0.3) is 10.9 Å².